The molecule has 2 N–H and O–H groups in total. The van der Waals surface area contributed by atoms with E-state index in [9.17, 15) is 13.2 Å². The molecule has 0 saturated heterocycles. The lowest BCUT2D eigenvalue weighted by Crippen LogP contribution is -2.47. The van der Waals surface area contributed by atoms with Gasteiger partial charge in [0, 0.05) is 24.4 Å². The van der Waals surface area contributed by atoms with Crippen LogP contribution >= 0.6 is 11.8 Å². The van der Waals surface area contributed by atoms with Crippen LogP contribution in [0.25, 0.3) is 0 Å². The Morgan fingerprint density at radius 1 is 1.22 bits per heavy atom. The van der Waals surface area contributed by atoms with Crippen LogP contribution in [0, 0.1) is 0 Å². The number of aromatic nitrogens is 3. The Morgan fingerprint density at radius 3 is 2.62 bits per heavy atom. The second-order valence-electron chi connectivity index (χ2n) is 7.35. The summed E-state index contributed by atoms with van der Waals surface area (Å²) in [6.45, 7) is 0.160. The van der Waals surface area contributed by atoms with Crippen molar-refractivity contribution in [2.45, 2.75) is 48.2 Å². The number of sulfonamides is 1. The maximum atomic E-state index is 13.5. The minimum absolute atomic E-state index is 0.0781. The molecule has 1 aliphatic rings. The van der Waals surface area contributed by atoms with Gasteiger partial charge in [0.2, 0.25) is 15.9 Å². The van der Waals surface area contributed by atoms with Gasteiger partial charge in [0.05, 0.1) is 25.7 Å². The van der Waals surface area contributed by atoms with Crippen molar-refractivity contribution < 1.29 is 22.7 Å². The van der Waals surface area contributed by atoms with E-state index in [1.54, 1.807) is 6.07 Å². The van der Waals surface area contributed by atoms with E-state index in [1.165, 1.54) is 48.7 Å². The highest BCUT2D eigenvalue weighted by atomic mass is 32.2. The number of nitrogens with zero attached hydrogens (tertiary/aromatic N) is 3. The van der Waals surface area contributed by atoms with Crippen LogP contribution in [0.2, 0.25) is 0 Å². The third-order valence-corrected chi connectivity index (χ3v) is 8.07. The average Bonchev–Trinajstić information content (AvgIpc) is 3.34. The first-order valence-electron chi connectivity index (χ1n) is 10.4. The number of ether oxygens (including phenoxy) is 2. The number of amides is 1. The molecule has 0 unspecified atom stereocenters. The van der Waals surface area contributed by atoms with Crippen molar-refractivity contribution in [3.8, 4) is 11.5 Å². The maximum Gasteiger partial charge on any atom is 0.243 e. The molecule has 0 radical (unpaired) electrons. The van der Waals surface area contributed by atoms with E-state index in [0.29, 0.717) is 29.0 Å². The number of methoxy groups -OCH3 is 2. The van der Waals surface area contributed by atoms with Crippen molar-refractivity contribution >= 4 is 27.7 Å². The lowest BCUT2D eigenvalue weighted by atomic mass is 9.95. The van der Waals surface area contributed by atoms with Crippen molar-refractivity contribution in [2.75, 3.05) is 33.1 Å². The van der Waals surface area contributed by atoms with Gasteiger partial charge in [0.15, 0.2) is 16.7 Å². The number of hydrogen-bond donors (Lipinski definition) is 2. The predicted octanol–water partition coefficient (Wildman–Crippen LogP) is 2.05. The summed E-state index contributed by atoms with van der Waals surface area (Å²) in [5.74, 6) is 1.02. The van der Waals surface area contributed by atoms with Crippen LogP contribution < -0.4 is 14.8 Å². The Morgan fingerprint density at radius 2 is 1.97 bits per heavy atom. The van der Waals surface area contributed by atoms with Crippen LogP contribution in [-0.4, -0.2) is 72.9 Å². The molecule has 32 heavy (non-hydrogen) atoms. The number of carbonyl (C=O) groups excluding carboxylic acids is 1. The van der Waals surface area contributed by atoms with Crippen molar-refractivity contribution in [2.24, 2.45) is 0 Å². The van der Waals surface area contributed by atoms with Crippen LogP contribution in [0.3, 0.4) is 0 Å². The second-order valence-corrected chi connectivity index (χ2v) is 10.3. The molecule has 3 rings (SSSR count). The van der Waals surface area contributed by atoms with E-state index >= 15 is 0 Å². The summed E-state index contributed by atoms with van der Waals surface area (Å²) < 4.78 is 38.9. The first kappa shape index (κ1) is 24.3. The predicted molar refractivity (Wildman–Crippen MR) is 120 cm³/mol. The van der Waals surface area contributed by atoms with Crippen LogP contribution in [-0.2, 0) is 14.8 Å². The summed E-state index contributed by atoms with van der Waals surface area (Å²) in [5.41, 5.74) is 0. The maximum absolute atomic E-state index is 13.5. The van der Waals surface area contributed by atoms with Crippen LogP contribution in [0.15, 0.2) is 34.6 Å². The molecule has 12 heteroatoms. The number of aromatic amines is 1. The smallest absolute Gasteiger partial charge is 0.243 e. The van der Waals surface area contributed by atoms with Crippen molar-refractivity contribution in [1.29, 1.82) is 0 Å². The molecule has 1 aromatic heterocycles. The van der Waals surface area contributed by atoms with Gasteiger partial charge in [-0.15, -0.1) is 0 Å². The Kier molecular flexibility index (Phi) is 8.76. The molecule has 1 amide bonds. The zero-order valence-electron chi connectivity index (χ0n) is 18.2. The summed E-state index contributed by atoms with van der Waals surface area (Å²) in [7, 11) is -0.964. The lowest BCUT2D eigenvalue weighted by molar-refractivity contribution is -0.121. The highest BCUT2D eigenvalue weighted by Crippen LogP contribution is 2.33. The fourth-order valence-electron chi connectivity index (χ4n) is 3.69. The van der Waals surface area contributed by atoms with Crippen LogP contribution in [0.5, 0.6) is 11.5 Å². The molecule has 1 fully saturated rings. The summed E-state index contributed by atoms with van der Waals surface area (Å²) in [4.78, 5) is 16.7. The molecule has 1 aliphatic carbocycles. The number of hydrogen-bond acceptors (Lipinski definition) is 8. The number of thioether (sulfide) groups is 1. The van der Waals surface area contributed by atoms with Crippen molar-refractivity contribution in [1.82, 2.24) is 24.8 Å². The standard InChI is InChI=1S/C20H29N5O5S2/c1-29-17-9-8-16(12-18(17)30-2)32(27,28)25(15-6-4-3-5-7-15)13-19(26)21-10-11-31-20-22-14-23-24-20/h8-9,12,14-15H,3-7,10-11,13H2,1-2H3,(H,21,26)(H,22,23,24). The van der Waals surface area contributed by atoms with Crippen LogP contribution in [0.4, 0.5) is 0 Å². The third kappa shape index (κ3) is 6.14. The van der Waals surface area contributed by atoms with Crippen molar-refractivity contribution in [3.63, 3.8) is 0 Å². The minimum atomic E-state index is -3.91. The molecule has 2 aromatic rings. The number of benzene rings is 1. The van der Waals surface area contributed by atoms with Gasteiger partial charge in [-0.2, -0.15) is 9.40 Å². The summed E-state index contributed by atoms with van der Waals surface area (Å²) in [5, 5.41) is 9.98. The molecular formula is C20H29N5O5S2. The van der Waals surface area contributed by atoms with E-state index in [4.69, 9.17) is 9.47 Å². The van der Waals surface area contributed by atoms with Crippen molar-refractivity contribution in [3.05, 3.63) is 24.5 Å². The molecule has 1 aromatic carbocycles. The largest absolute Gasteiger partial charge is 0.493 e. The number of nitrogens with one attached hydrogen (secondary N) is 2. The van der Waals surface area contributed by atoms with Gasteiger partial charge in [-0.05, 0) is 25.0 Å². The molecule has 10 nitrogen and oxygen atoms in total. The molecule has 0 atom stereocenters. The minimum Gasteiger partial charge on any atom is -0.493 e. The summed E-state index contributed by atoms with van der Waals surface area (Å²) >= 11 is 1.42. The molecule has 1 saturated carbocycles. The lowest BCUT2D eigenvalue weighted by Gasteiger charge is -2.33. The third-order valence-electron chi connectivity index (χ3n) is 5.30. The zero-order chi connectivity index (χ0) is 23.0. The van der Waals surface area contributed by atoms with E-state index < -0.39 is 10.0 Å². The van der Waals surface area contributed by atoms with Gasteiger partial charge in [0.25, 0.3) is 0 Å². The fraction of sp³-hybridized carbons (Fsp3) is 0.550. The van der Waals surface area contributed by atoms with E-state index in [0.717, 1.165) is 32.1 Å². The summed E-state index contributed by atoms with van der Waals surface area (Å²) in [6.07, 6.45) is 5.85. The van der Waals surface area contributed by atoms with Gasteiger partial charge in [-0.3, -0.25) is 9.89 Å². The average molecular weight is 484 g/mol. The molecule has 1 heterocycles. The van der Waals surface area contributed by atoms with E-state index in [2.05, 4.69) is 20.5 Å². The normalized spacial score (nSPS) is 15.0. The Labute approximate surface area is 192 Å². The number of H-pyrrole nitrogens is 1. The Hall–Kier alpha value is -2.31. The fourth-order valence-corrected chi connectivity index (χ4v) is 5.98. The SMILES string of the molecule is COc1ccc(S(=O)(=O)N(CC(=O)NCCSc2ncn[nH]2)C2CCCCC2)cc1OC. The quantitative estimate of drug-likeness (QED) is 0.367. The van der Waals surface area contributed by atoms with E-state index in [1.807, 2.05) is 0 Å². The Bertz CT molecular complexity index is 978. The van der Waals surface area contributed by atoms with Gasteiger partial charge < -0.3 is 14.8 Å². The molecular weight excluding hydrogens is 454 g/mol. The molecule has 0 spiro atoms. The number of rotatable bonds is 11. The van der Waals surface area contributed by atoms with Gasteiger partial charge in [-0.25, -0.2) is 13.4 Å². The zero-order valence-corrected chi connectivity index (χ0v) is 19.9. The monoisotopic (exact) mass is 483 g/mol. The Balaban J connectivity index is 1.72. The topological polar surface area (TPSA) is 127 Å². The van der Waals surface area contributed by atoms with Crippen LogP contribution in [0.1, 0.15) is 32.1 Å². The second kappa shape index (κ2) is 11.5. The van der Waals surface area contributed by atoms with Gasteiger partial charge in [0.1, 0.15) is 6.33 Å². The van der Waals surface area contributed by atoms with E-state index in [-0.39, 0.29) is 23.4 Å². The highest BCUT2D eigenvalue weighted by Gasteiger charge is 2.34. The molecule has 0 bridgehead atoms. The van der Waals surface area contributed by atoms with Gasteiger partial charge >= 0.3 is 0 Å². The molecule has 0 aliphatic heterocycles. The number of carbonyl (C=O) groups is 1. The first-order chi connectivity index (χ1) is 15.5. The highest BCUT2D eigenvalue weighted by molar-refractivity contribution is 7.99. The van der Waals surface area contributed by atoms with Gasteiger partial charge in [-0.1, -0.05) is 31.0 Å². The summed E-state index contributed by atoms with van der Waals surface area (Å²) in [6, 6.07) is 4.27. The first-order valence-corrected chi connectivity index (χ1v) is 12.9. The molecule has 176 valence electrons.